The molecule has 0 aliphatic heterocycles. The van der Waals surface area contributed by atoms with E-state index in [1.165, 1.54) is 0 Å². The summed E-state index contributed by atoms with van der Waals surface area (Å²) in [5.41, 5.74) is 1.15. The molecule has 0 heterocycles. The first-order valence-corrected chi connectivity index (χ1v) is 8.32. The molecule has 126 valence electrons. The number of benzene rings is 1. The molecule has 2 rings (SSSR count). The molecule has 0 saturated heterocycles. The second kappa shape index (κ2) is 7.49. The molecule has 0 spiro atoms. The third-order valence-corrected chi connectivity index (χ3v) is 4.73. The number of carbonyl (C=O) groups excluding carboxylic acids is 1. The van der Waals surface area contributed by atoms with Crippen molar-refractivity contribution in [3.8, 4) is 0 Å². The SMILES string of the molecule is CCC(C)C(C)N(C(=O)NCc1ccc(C(=O)O)cc1)C1CC1. The number of carbonyl (C=O) groups is 2. The summed E-state index contributed by atoms with van der Waals surface area (Å²) in [5.74, 6) is -0.473. The van der Waals surface area contributed by atoms with Crippen molar-refractivity contribution >= 4 is 12.0 Å². The van der Waals surface area contributed by atoms with Crippen molar-refractivity contribution in [2.45, 2.75) is 58.7 Å². The second-order valence-corrected chi connectivity index (χ2v) is 6.43. The molecule has 2 amide bonds. The lowest BCUT2D eigenvalue weighted by Crippen LogP contribution is -2.48. The van der Waals surface area contributed by atoms with Crippen LogP contribution in [0.15, 0.2) is 24.3 Å². The van der Waals surface area contributed by atoms with E-state index < -0.39 is 5.97 Å². The Morgan fingerprint density at radius 3 is 2.35 bits per heavy atom. The van der Waals surface area contributed by atoms with E-state index in [1.807, 2.05) is 4.90 Å². The zero-order valence-corrected chi connectivity index (χ0v) is 14.1. The third-order valence-electron chi connectivity index (χ3n) is 4.73. The molecule has 1 aromatic carbocycles. The molecule has 1 fully saturated rings. The number of nitrogens with one attached hydrogen (secondary N) is 1. The maximum Gasteiger partial charge on any atom is 0.335 e. The van der Waals surface area contributed by atoms with Crippen molar-refractivity contribution in [2.24, 2.45) is 5.92 Å². The van der Waals surface area contributed by atoms with Crippen LogP contribution in [0.25, 0.3) is 0 Å². The summed E-state index contributed by atoms with van der Waals surface area (Å²) in [4.78, 5) is 25.4. The van der Waals surface area contributed by atoms with Crippen LogP contribution in [0.3, 0.4) is 0 Å². The third kappa shape index (κ3) is 4.47. The van der Waals surface area contributed by atoms with Crippen LogP contribution in [0.5, 0.6) is 0 Å². The van der Waals surface area contributed by atoms with E-state index in [0.717, 1.165) is 24.8 Å². The van der Waals surface area contributed by atoms with E-state index in [0.29, 0.717) is 18.5 Å². The number of hydrogen-bond acceptors (Lipinski definition) is 2. The number of urea groups is 1. The summed E-state index contributed by atoms with van der Waals surface area (Å²) >= 11 is 0. The van der Waals surface area contributed by atoms with Crippen molar-refractivity contribution < 1.29 is 14.7 Å². The Morgan fingerprint density at radius 1 is 1.26 bits per heavy atom. The Hall–Kier alpha value is -2.04. The quantitative estimate of drug-likeness (QED) is 0.808. The lowest BCUT2D eigenvalue weighted by Gasteiger charge is -2.33. The van der Waals surface area contributed by atoms with Gasteiger partial charge in [-0.1, -0.05) is 32.4 Å². The van der Waals surface area contributed by atoms with Crippen molar-refractivity contribution in [3.05, 3.63) is 35.4 Å². The fraction of sp³-hybridized carbons (Fsp3) is 0.556. The summed E-state index contributed by atoms with van der Waals surface area (Å²) in [6, 6.07) is 7.17. The summed E-state index contributed by atoms with van der Waals surface area (Å²) in [7, 11) is 0. The van der Waals surface area contributed by atoms with Crippen LogP contribution in [0.1, 0.15) is 56.0 Å². The first-order chi connectivity index (χ1) is 10.9. The number of carboxylic acids is 1. The minimum Gasteiger partial charge on any atom is -0.478 e. The Morgan fingerprint density at radius 2 is 1.87 bits per heavy atom. The van der Waals surface area contributed by atoms with Gasteiger partial charge in [-0.3, -0.25) is 0 Å². The van der Waals surface area contributed by atoms with Gasteiger partial charge in [0.05, 0.1) is 5.56 Å². The van der Waals surface area contributed by atoms with Crippen LogP contribution in [0.2, 0.25) is 0 Å². The van der Waals surface area contributed by atoms with Gasteiger partial charge in [-0.25, -0.2) is 9.59 Å². The largest absolute Gasteiger partial charge is 0.478 e. The van der Waals surface area contributed by atoms with E-state index in [1.54, 1.807) is 24.3 Å². The highest BCUT2D eigenvalue weighted by Gasteiger charge is 2.37. The molecule has 1 saturated carbocycles. The Labute approximate surface area is 137 Å². The Balaban J connectivity index is 1.95. The molecular formula is C18H26N2O3. The van der Waals surface area contributed by atoms with Crippen LogP contribution in [0.4, 0.5) is 4.79 Å². The number of amides is 2. The number of carboxylic acid groups (broad SMARTS) is 1. The molecule has 2 atom stereocenters. The van der Waals surface area contributed by atoms with Gasteiger partial charge in [0.25, 0.3) is 0 Å². The molecule has 0 aromatic heterocycles. The highest BCUT2D eigenvalue weighted by atomic mass is 16.4. The van der Waals surface area contributed by atoms with Gasteiger partial charge < -0.3 is 15.3 Å². The van der Waals surface area contributed by atoms with Gasteiger partial charge in [0.15, 0.2) is 0 Å². The fourth-order valence-corrected chi connectivity index (χ4v) is 2.69. The van der Waals surface area contributed by atoms with E-state index in [2.05, 4.69) is 26.1 Å². The van der Waals surface area contributed by atoms with Crippen molar-refractivity contribution in [1.82, 2.24) is 10.2 Å². The van der Waals surface area contributed by atoms with Crippen molar-refractivity contribution in [2.75, 3.05) is 0 Å². The molecule has 0 radical (unpaired) electrons. The first-order valence-electron chi connectivity index (χ1n) is 8.32. The smallest absolute Gasteiger partial charge is 0.335 e. The molecule has 5 heteroatoms. The molecule has 2 unspecified atom stereocenters. The number of nitrogens with zero attached hydrogens (tertiary/aromatic N) is 1. The molecule has 1 aliphatic carbocycles. The van der Waals surface area contributed by atoms with Gasteiger partial charge in [0, 0.05) is 18.6 Å². The van der Waals surface area contributed by atoms with E-state index in [9.17, 15) is 9.59 Å². The standard InChI is InChI=1S/C18H26N2O3/c1-4-12(2)13(3)20(16-9-10-16)18(23)19-11-14-5-7-15(8-6-14)17(21)22/h5-8,12-13,16H,4,9-11H2,1-3H3,(H,19,23)(H,21,22). The van der Waals surface area contributed by atoms with Crippen LogP contribution in [-0.4, -0.2) is 34.1 Å². The molecule has 1 aliphatic rings. The maximum absolute atomic E-state index is 12.6. The lowest BCUT2D eigenvalue weighted by molar-refractivity contribution is 0.0696. The molecular weight excluding hydrogens is 292 g/mol. The first kappa shape index (κ1) is 17.3. The predicted octanol–water partition coefficient (Wildman–Crippen LogP) is 3.49. The average molecular weight is 318 g/mol. The van der Waals surface area contributed by atoms with Crippen LogP contribution in [-0.2, 0) is 6.54 Å². The fourth-order valence-electron chi connectivity index (χ4n) is 2.69. The Kier molecular flexibility index (Phi) is 5.64. The monoisotopic (exact) mass is 318 g/mol. The molecule has 23 heavy (non-hydrogen) atoms. The molecule has 1 aromatic rings. The zero-order valence-electron chi connectivity index (χ0n) is 14.1. The predicted molar refractivity (Wildman–Crippen MR) is 89.4 cm³/mol. The van der Waals surface area contributed by atoms with Crippen LogP contribution >= 0.6 is 0 Å². The summed E-state index contributed by atoms with van der Waals surface area (Å²) in [6.07, 6.45) is 3.22. The number of hydrogen-bond donors (Lipinski definition) is 2. The van der Waals surface area contributed by atoms with Gasteiger partial charge in [-0.15, -0.1) is 0 Å². The lowest BCUT2D eigenvalue weighted by atomic mass is 9.99. The minimum absolute atomic E-state index is 0.0254. The molecule has 5 nitrogen and oxygen atoms in total. The zero-order chi connectivity index (χ0) is 17.0. The van der Waals surface area contributed by atoms with Gasteiger partial charge in [0.2, 0.25) is 0 Å². The van der Waals surface area contributed by atoms with Gasteiger partial charge in [0.1, 0.15) is 0 Å². The van der Waals surface area contributed by atoms with E-state index >= 15 is 0 Å². The van der Waals surface area contributed by atoms with E-state index in [4.69, 9.17) is 5.11 Å². The van der Waals surface area contributed by atoms with Crippen LogP contribution < -0.4 is 5.32 Å². The second-order valence-electron chi connectivity index (χ2n) is 6.43. The summed E-state index contributed by atoms with van der Waals surface area (Å²) < 4.78 is 0. The van der Waals surface area contributed by atoms with E-state index in [-0.39, 0.29) is 17.6 Å². The van der Waals surface area contributed by atoms with Gasteiger partial charge >= 0.3 is 12.0 Å². The normalized spacial score (nSPS) is 16.5. The molecule has 2 N–H and O–H groups in total. The van der Waals surface area contributed by atoms with Crippen molar-refractivity contribution in [3.63, 3.8) is 0 Å². The summed E-state index contributed by atoms with van der Waals surface area (Å²) in [5, 5.41) is 11.9. The minimum atomic E-state index is -0.942. The highest BCUT2D eigenvalue weighted by molar-refractivity contribution is 5.87. The molecule has 0 bridgehead atoms. The highest BCUT2D eigenvalue weighted by Crippen LogP contribution is 2.31. The number of rotatable bonds is 7. The van der Waals surface area contributed by atoms with Crippen molar-refractivity contribution in [1.29, 1.82) is 0 Å². The van der Waals surface area contributed by atoms with Gasteiger partial charge in [-0.2, -0.15) is 0 Å². The summed E-state index contributed by atoms with van der Waals surface area (Å²) in [6.45, 7) is 6.86. The van der Waals surface area contributed by atoms with Crippen LogP contribution in [0, 0.1) is 5.92 Å². The average Bonchev–Trinajstić information content (AvgIpc) is 3.37. The van der Waals surface area contributed by atoms with Gasteiger partial charge in [-0.05, 0) is 43.4 Å². The topological polar surface area (TPSA) is 69.6 Å². The number of aromatic carboxylic acids is 1. The maximum atomic E-state index is 12.6. The Bertz CT molecular complexity index is 552.